The Balaban J connectivity index is 1.94. The number of nitrogens with one attached hydrogen (secondary N) is 2. The van der Waals surface area contributed by atoms with E-state index in [2.05, 4.69) is 27.0 Å². The number of likely N-dealkylation sites (N-methyl/N-ethyl adjacent to an activating group) is 1. The monoisotopic (exact) mass is 279 g/mol. The number of rotatable bonds is 5. The van der Waals surface area contributed by atoms with Gasteiger partial charge in [0.05, 0.1) is 6.04 Å². The zero-order valence-electron chi connectivity index (χ0n) is 11.7. The molecule has 19 heavy (non-hydrogen) atoms. The quantitative estimate of drug-likeness (QED) is 0.801. The summed E-state index contributed by atoms with van der Waals surface area (Å²) in [6.07, 6.45) is 0. The number of nitrogens with zero attached hydrogens (tertiary/aromatic N) is 1. The molecule has 1 atom stereocenters. The van der Waals surface area contributed by atoms with Gasteiger partial charge in [0, 0.05) is 30.1 Å². The van der Waals surface area contributed by atoms with E-state index in [-0.39, 0.29) is 11.9 Å². The van der Waals surface area contributed by atoms with Crippen molar-refractivity contribution in [2.75, 3.05) is 33.7 Å². The van der Waals surface area contributed by atoms with Gasteiger partial charge >= 0.3 is 0 Å². The Bertz CT molecular complexity index is 459. The molecule has 104 valence electrons. The van der Waals surface area contributed by atoms with Crippen LogP contribution in [0.25, 0.3) is 0 Å². The maximum atomic E-state index is 12.1. The fourth-order valence-electron chi connectivity index (χ4n) is 2.02. The minimum absolute atomic E-state index is 0.0555. The molecule has 2 heterocycles. The minimum Gasteiger partial charge on any atom is -0.350 e. The van der Waals surface area contributed by atoms with Gasteiger partial charge in [-0.05, 0) is 38.0 Å². The fraction of sp³-hybridized carbons (Fsp3) is 0.500. The third-order valence-electron chi connectivity index (χ3n) is 3.50. The van der Waals surface area contributed by atoms with Crippen molar-refractivity contribution in [2.24, 2.45) is 0 Å². The van der Waals surface area contributed by atoms with Crippen molar-refractivity contribution in [3.8, 4) is 0 Å². The summed E-state index contributed by atoms with van der Waals surface area (Å²) < 4.78 is 0. The molecule has 2 N–H and O–H groups in total. The molecule has 0 aliphatic carbocycles. The molecule has 1 fully saturated rings. The lowest BCUT2D eigenvalue weighted by molar-refractivity contribution is -0.117. The van der Waals surface area contributed by atoms with Crippen molar-refractivity contribution in [1.82, 2.24) is 15.5 Å². The van der Waals surface area contributed by atoms with Gasteiger partial charge in [0.15, 0.2) is 0 Å². The molecule has 5 heteroatoms. The molecule has 1 saturated heterocycles. The highest BCUT2D eigenvalue weighted by atomic mass is 32.1. The van der Waals surface area contributed by atoms with Gasteiger partial charge in [0.1, 0.15) is 0 Å². The van der Waals surface area contributed by atoms with Crippen LogP contribution in [0.2, 0.25) is 0 Å². The van der Waals surface area contributed by atoms with Gasteiger partial charge in [0.25, 0.3) is 0 Å². The maximum absolute atomic E-state index is 12.1. The van der Waals surface area contributed by atoms with Crippen LogP contribution in [0.15, 0.2) is 28.7 Å². The van der Waals surface area contributed by atoms with E-state index in [0.29, 0.717) is 6.54 Å². The second-order valence-corrected chi connectivity index (χ2v) is 6.02. The number of amides is 1. The van der Waals surface area contributed by atoms with Crippen LogP contribution in [0, 0.1) is 0 Å². The van der Waals surface area contributed by atoms with Crippen LogP contribution >= 0.6 is 11.3 Å². The second-order valence-electron chi connectivity index (χ2n) is 5.04. The van der Waals surface area contributed by atoms with Gasteiger partial charge in [-0.1, -0.05) is 6.07 Å². The third kappa shape index (κ3) is 3.43. The summed E-state index contributed by atoms with van der Waals surface area (Å²) in [6, 6.07) is 4.40. The highest BCUT2D eigenvalue weighted by Crippen LogP contribution is 2.22. The summed E-state index contributed by atoms with van der Waals surface area (Å²) in [4.78, 5) is 15.5. The largest absolute Gasteiger partial charge is 0.350 e. The lowest BCUT2D eigenvalue weighted by atomic mass is 10.0. The van der Waals surface area contributed by atoms with Crippen molar-refractivity contribution in [3.05, 3.63) is 33.5 Å². The van der Waals surface area contributed by atoms with Gasteiger partial charge in [-0.2, -0.15) is 0 Å². The van der Waals surface area contributed by atoms with E-state index in [0.717, 1.165) is 18.7 Å². The van der Waals surface area contributed by atoms with Crippen molar-refractivity contribution in [3.63, 3.8) is 0 Å². The van der Waals surface area contributed by atoms with E-state index in [9.17, 15) is 4.79 Å². The van der Waals surface area contributed by atoms with E-state index in [1.165, 1.54) is 10.5 Å². The standard InChI is InChI=1S/C14H21N3OS/c1-10(11-7-15-8-11)14(18)16-9-12(17(2)3)13-5-4-6-19-13/h4-6,12,15H,7-9H2,1-3H3,(H,16,18). The molecule has 1 aromatic rings. The van der Waals surface area contributed by atoms with Crippen LogP contribution in [0.3, 0.4) is 0 Å². The molecule has 1 unspecified atom stereocenters. The number of carbonyl (C=O) groups is 1. The molecule has 0 aromatic carbocycles. The van der Waals surface area contributed by atoms with Gasteiger partial charge in [-0.25, -0.2) is 0 Å². The first-order valence-corrected chi connectivity index (χ1v) is 7.35. The summed E-state index contributed by atoms with van der Waals surface area (Å²) in [5.74, 6) is 0.0555. The molecule has 1 aliphatic rings. The van der Waals surface area contributed by atoms with Crippen molar-refractivity contribution >= 4 is 17.2 Å². The lowest BCUT2D eigenvalue weighted by Crippen LogP contribution is -2.39. The van der Waals surface area contributed by atoms with Crippen LogP contribution in [-0.2, 0) is 4.79 Å². The first kappa shape index (κ1) is 14.2. The van der Waals surface area contributed by atoms with Gasteiger partial charge < -0.3 is 15.5 Å². The zero-order valence-corrected chi connectivity index (χ0v) is 12.5. The van der Waals surface area contributed by atoms with Crippen molar-refractivity contribution in [1.29, 1.82) is 0 Å². The summed E-state index contributed by atoms with van der Waals surface area (Å²) in [5.41, 5.74) is 2.08. The number of thiophene rings is 1. The Kier molecular flexibility index (Phi) is 4.74. The predicted octanol–water partition coefficient (Wildman–Crippen LogP) is 1.39. The van der Waals surface area contributed by atoms with Crippen LogP contribution < -0.4 is 10.6 Å². The van der Waals surface area contributed by atoms with E-state index in [4.69, 9.17) is 0 Å². The Hall–Kier alpha value is -1.17. The average Bonchev–Trinajstić information content (AvgIpc) is 2.79. The molecule has 1 amide bonds. The predicted molar refractivity (Wildman–Crippen MR) is 79.3 cm³/mol. The molecule has 0 radical (unpaired) electrons. The van der Waals surface area contributed by atoms with Crippen LogP contribution in [0.1, 0.15) is 17.8 Å². The first-order valence-electron chi connectivity index (χ1n) is 6.47. The third-order valence-corrected chi connectivity index (χ3v) is 4.47. The highest BCUT2D eigenvalue weighted by Gasteiger charge is 2.19. The highest BCUT2D eigenvalue weighted by molar-refractivity contribution is 7.10. The van der Waals surface area contributed by atoms with E-state index in [1.54, 1.807) is 11.3 Å². The van der Waals surface area contributed by atoms with Crippen LogP contribution in [0.5, 0.6) is 0 Å². The Labute approximate surface area is 118 Å². The molecule has 1 aromatic heterocycles. The van der Waals surface area contributed by atoms with E-state index >= 15 is 0 Å². The Morgan fingerprint density at radius 1 is 1.53 bits per heavy atom. The van der Waals surface area contributed by atoms with Crippen molar-refractivity contribution < 1.29 is 4.79 Å². The van der Waals surface area contributed by atoms with Gasteiger partial charge in [-0.15, -0.1) is 11.3 Å². The SMILES string of the molecule is CC(C(=O)NCC(c1cccs1)N(C)C)=C1CNC1. The first-order chi connectivity index (χ1) is 9.09. The molecule has 2 rings (SSSR count). The van der Waals surface area contributed by atoms with E-state index < -0.39 is 0 Å². The second kappa shape index (κ2) is 6.32. The smallest absolute Gasteiger partial charge is 0.247 e. The molecular formula is C14H21N3OS. The van der Waals surface area contributed by atoms with Gasteiger partial charge in [0.2, 0.25) is 5.91 Å². The molecule has 0 saturated carbocycles. The van der Waals surface area contributed by atoms with Gasteiger partial charge in [-0.3, -0.25) is 4.79 Å². The minimum atomic E-state index is 0.0555. The molecule has 0 spiro atoms. The molecule has 1 aliphatic heterocycles. The lowest BCUT2D eigenvalue weighted by Gasteiger charge is -2.25. The fourth-order valence-corrected chi connectivity index (χ4v) is 2.94. The average molecular weight is 279 g/mol. The maximum Gasteiger partial charge on any atom is 0.247 e. The van der Waals surface area contributed by atoms with Crippen LogP contribution in [0.4, 0.5) is 0 Å². The summed E-state index contributed by atoms with van der Waals surface area (Å²) >= 11 is 1.73. The number of carbonyl (C=O) groups excluding carboxylic acids is 1. The van der Waals surface area contributed by atoms with Crippen molar-refractivity contribution in [2.45, 2.75) is 13.0 Å². The topological polar surface area (TPSA) is 44.4 Å². The molecule has 0 bridgehead atoms. The summed E-state index contributed by atoms with van der Waals surface area (Å²) in [5, 5.41) is 8.27. The molecule has 4 nitrogen and oxygen atoms in total. The van der Waals surface area contributed by atoms with Crippen LogP contribution in [-0.4, -0.2) is 44.5 Å². The number of hydrogen-bond donors (Lipinski definition) is 2. The zero-order chi connectivity index (χ0) is 13.8. The normalized spacial score (nSPS) is 16.1. The Morgan fingerprint density at radius 3 is 2.74 bits per heavy atom. The summed E-state index contributed by atoms with van der Waals surface area (Å²) in [6.45, 7) is 4.24. The van der Waals surface area contributed by atoms with E-state index in [1.807, 2.05) is 27.1 Å². The summed E-state index contributed by atoms with van der Waals surface area (Å²) in [7, 11) is 4.08. The Morgan fingerprint density at radius 2 is 2.26 bits per heavy atom. The molecular weight excluding hydrogens is 258 g/mol. The number of hydrogen-bond acceptors (Lipinski definition) is 4.